The molecule has 0 amide bonds. The molecule has 0 bridgehead atoms. The van der Waals surface area contributed by atoms with E-state index < -0.39 is 12.1 Å². The molecule has 100 valence electrons. The molecule has 0 aliphatic heterocycles. The highest BCUT2D eigenvalue weighted by Crippen LogP contribution is 2.17. The molecule has 2 rings (SSSR count). The van der Waals surface area contributed by atoms with E-state index in [0.717, 1.165) is 5.56 Å². The molecule has 0 aliphatic carbocycles. The molecule has 0 spiro atoms. The first-order valence-electron chi connectivity index (χ1n) is 6.53. The SMILES string of the molecule is CCOC(=O)C(O)CCc1ccc2ccccc2c1. The van der Waals surface area contributed by atoms with Gasteiger partial charge in [-0.3, -0.25) is 0 Å². The summed E-state index contributed by atoms with van der Waals surface area (Å²) in [5.41, 5.74) is 1.11. The molecule has 0 aliphatic rings. The molecule has 1 atom stereocenters. The minimum absolute atomic E-state index is 0.297. The van der Waals surface area contributed by atoms with E-state index in [1.54, 1.807) is 6.92 Å². The third kappa shape index (κ3) is 3.55. The largest absolute Gasteiger partial charge is 0.464 e. The molecule has 0 fully saturated rings. The summed E-state index contributed by atoms with van der Waals surface area (Å²) in [6, 6.07) is 14.3. The number of aliphatic hydroxyl groups is 1. The minimum atomic E-state index is -1.04. The number of ether oxygens (including phenoxy) is 1. The van der Waals surface area contributed by atoms with Crippen LogP contribution in [0, 0.1) is 0 Å². The molecule has 19 heavy (non-hydrogen) atoms. The van der Waals surface area contributed by atoms with E-state index in [-0.39, 0.29) is 0 Å². The summed E-state index contributed by atoms with van der Waals surface area (Å²) in [7, 11) is 0. The van der Waals surface area contributed by atoms with E-state index in [4.69, 9.17) is 4.74 Å². The van der Waals surface area contributed by atoms with Crippen LogP contribution in [0.2, 0.25) is 0 Å². The van der Waals surface area contributed by atoms with Crippen LogP contribution in [0.4, 0.5) is 0 Å². The van der Waals surface area contributed by atoms with Crippen LogP contribution in [0.1, 0.15) is 18.9 Å². The Morgan fingerprint density at radius 1 is 1.21 bits per heavy atom. The van der Waals surface area contributed by atoms with Gasteiger partial charge in [0.25, 0.3) is 0 Å². The molecule has 3 heteroatoms. The van der Waals surface area contributed by atoms with Crippen LogP contribution < -0.4 is 0 Å². The van der Waals surface area contributed by atoms with Crippen LogP contribution in [-0.2, 0) is 16.0 Å². The van der Waals surface area contributed by atoms with Crippen molar-refractivity contribution in [1.29, 1.82) is 0 Å². The highest BCUT2D eigenvalue weighted by Gasteiger charge is 2.15. The average Bonchev–Trinajstić information content (AvgIpc) is 2.44. The predicted molar refractivity (Wildman–Crippen MR) is 74.9 cm³/mol. The molecule has 0 aromatic heterocycles. The van der Waals surface area contributed by atoms with E-state index in [2.05, 4.69) is 24.3 Å². The molecular weight excluding hydrogens is 240 g/mol. The summed E-state index contributed by atoms with van der Waals surface area (Å²) in [5.74, 6) is -0.539. The van der Waals surface area contributed by atoms with Crippen LogP contribution in [-0.4, -0.2) is 23.8 Å². The maximum absolute atomic E-state index is 11.3. The monoisotopic (exact) mass is 258 g/mol. The first kappa shape index (κ1) is 13.6. The van der Waals surface area contributed by atoms with Gasteiger partial charge in [0.05, 0.1) is 6.61 Å². The molecule has 0 saturated carbocycles. The fraction of sp³-hybridized carbons (Fsp3) is 0.312. The highest BCUT2D eigenvalue weighted by molar-refractivity contribution is 5.83. The van der Waals surface area contributed by atoms with Gasteiger partial charge < -0.3 is 9.84 Å². The second-order valence-electron chi connectivity index (χ2n) is 4.49. The molecule has 2 aromatic carbocycles. The Hall–Kier alpha value is -1.87. The third-order valence-electron chi connectivity index (χ3n) is 3.08. The van der Waals surface area contributed by atoms with Gasteiger partial charge in [0.2, 0.25) is 0 Å². The van der Waals surface area contributed by atoms with Crippen LogP contribution in [0.25, 0.3) is 10.8 Å². The Morgan fingerprint density at radius 3 is 2.68 bits per heavy atom. The van der Waals surface area contributed by atoms with Gasteiger partial charge in [0, 0.05) is 0 Å². The molecular formula is C16H18O3. The summed E-state index contributed by atoms with van der Waals surface area (Å²) >= 11 is 0. The predicted octanol–water partition coefficient (Wildman–Crippen LogP) is 2.70. The molecule has 3 nitrogen and oxygen atoms in total. The number of fused-ring (bicyclic) bond motifs is 1. The number of benzene rings is 2. The summed E-state index contributed by atoms with van der Waals surface area (Å²) in [6.07, 6.45) is 0.00792. The maximum atomic E-state index is 11.3. The van der Waals surface area contributed by atoms with E-state index in [9.17, 15) is 9.90 Å². The van der Waals surface area contributed by atoms with Crippen molar-refractivity contribution in [3.8, 4) is 0 Å². The molecule has 0 heterocycles. The zero-order chi connectivity index (χ0) is 13.7. The Bertz CT molecular complexity index is 563. The number of carbonyl (C=O) groups is 1. The zero-order valence-electron chi connectivity index (χ0n) is 11.0. The first-order chi connectivity index (χ1) is 9.20. The van der Waals surface area contributed by atoms with Gasteiger partial charge in [-0.2, -0.15) is 0 Å². The van der Waals surface area contributed by atoms with Crippen molar-refractivity contribution < 1.29 is 14.6 Å². The van der Waals surface area contributed by atoms with Gasteiger partial charge in [0.15, 0.2) is 6.10 Å². The van der Waals surface area contributed by atoms with Crippen molar-refractivity contribution in [3.05, 3.63) is 48.0 Å². The standard InChI is InChI=1S/C16H18O3/c1-2-19-16(18)15(17)10-8-12-7-9-13-5-3-4-6-14(13)11-12/h3-7,9,11,15,17H,2,8,10H2,1H3. The van der Waals surface area contributed by atoms with E-state index in [0.29, 0.717) is 19.4 Å². The normalized spacial score (nSPS) is 12.3. The second-order valence-corrected chi connectivity index (χ2v) is 4.49. The van der Waals surface area contributed by atoms with E-state index in [1.165, 1.54) is 10.8 Å². The van der Waals surface area contributed by atoms with Gasteiger partial charge in [-0.05, 0) is 36.1 Å². The minimum Gasteiger partial charge on any atom is -0.464 e. The number of aryl methyl sites for hydroxylation is 1. The fourth-order valence-electron chi connectivity index (χ4n) is 2.05. The van der Waals surface area contributed by atoms with Crippen LogP contribution in [0.5, 0.6) is 0 Å². The number of hydrogen-bond acceptors (Lipinski definition) is 3. The summed E-state index contributed by atoms with van der Waals surface area (Å²) in [6.45, 7) is 2.03. The van der Waals surface area contributed by atoms with Gasteiger partial charge in [-0.25, -0.2) is 4.79 Å². The Kier molecular flexibility index (Phi) is 4.53. The molecule has 2 aromatic rings. The molecule has 1 N–H and O–H groups in total. The number of rotatable bonds is 5. The van der Waals surface area contributed by atoms with E-state index in [1.807, 2.05) is 18.2 Å². The van der Waals surface area contributed by atoms with Crippen LogP contribution >= 0.6 is 0 Å². The number of esters is 1. The topological polar surface area (TPSA) is 46.5 Å². The highest BCUT2D eigenvalue weighted by atomic mass is 16.5. The van der Waals surface area contributed by atoms with Crippen molar-refractivity contribution in [3.63, 3.8) is 0 Å². The van der Waals surface area contributed by atoms with Crippen molar-refractivity contribution in [2.45, 2.75) is 25.9 Å². The summed E-state index contributed by atoms with van der Waals surface area (Å²) in [4.78, 5) is 11.3. The van der Waals surface area contributed by atoms with Crippen molar-refractivity contribution in [1.82, 2.24) is 0 Å². The lowest BCUT2D eigenvalue weighted by Crippen LogP contribution is -2.23. The average molecular weight is 258 g/mol. The van der Waals surface area contributed by atoms with Crippen LogP contribution in [0.15, 0.2) is 42.5 Å². The first-order valence-corrected chi connectivity index (χ1v) is 6.53. The molecule has 0 saturated heterocycles. The van der Waals surface area contributed by atoms with Crippen LogP contribution in [0.3, 0.4) is 0 Å². The lowest BCUT2D eigenvalue weighted by molar-refractivity contribution is -0.153. The molecule has 1 unspecified atom stereocenters. The van der Waals surface area contributed by atoms with Crippen molar-refractivity contribution in [2.75, 3.05) is 6.61 Å². The lowest BCUT2D eigenvalue weighted by Gasteiger charge is -2.09. The lowest BCUT2D eigenvalue weighted by atomic mass is 10.0. The quantitative estimate of drug-likeness (QED) is 0.839. The summed E-state index contributed by atoms with van der Waals surface area (Å²) in [5, 5.41) is 12.0. The van der Waals surface area contributed by atoms with Crippen molar-refractivity contribution >= 4 is 16.7 Å². The fourth-order valence-corrected chi connectivity index (χ4v) is 2.05. The number of carbonyl (C=O) groups excluding carboxylic acids is 1. The van der Waals surface area contributed by atoms with E-state index >= 15 is 0 Å². The second kappa shape index (κ2) is 6.34. The number of hydrogen-bond donors (Lipinski definition) is 1. The number of aliphatic hydroxyl groups excluding tert-OH is 1. The molecule has 0 radical (unpaired) electrons. The Balaban J connectivity index is 1.99. The third-order valence-corrected chi connectivity index (χ3v) is 3.08. The van der Waals surface area contributed by atoms with Gasteiger partial charge in [0.1, 0.15) is 0 Å². The smallest absolute Gasteiger partial charge is 0.334 e. The van der Waals surface area contributed by atoms with Gasteiger partial charge in [-0.1, -0.05) is 42.5 Å². The van der Waals surface area contributed by atoms with Crippen molar-refractivity contribution in [2.24, 2.45) is 0 Å². The Labute approximate surface area is 112 Å². The van der Waals surface area contributed by atoms with Gasteiger partial charge >= 0.3 is 5.97 Å². The van der Waals surface area contributed by atoms with Gasteiger partial charge in [-0.15, -0.1) is 0 Å². The zero-order valence-corrected chi connectivity index (χ0v) is 11.0. The Morgan fingerprint density at radius 2 is 1.95 bits per heavy atom. The summed E-state index contributed by atoms with van der Waals surface area (Å²) < 4.78 is 4.77. The maximum Gasteiger partial charge on any atom is 0.334 e.